The lowest BCUT2D eigenvalue weighted by Gasteiger charge is -2.18. The molecule has 0 unspecified atom stereocenters. The van der Waals surface area contributed by atoms with Crippen LogP contribution in [-0.4, -0.2) is 11.9 Å². The third-order valence-corrected chi connectivity index (χ3v) is 3.10. The summed E-state index contributed by atoms with van der Waals surface area (Å²) in [6.45, 7) is 3.60. The summed E-state index contributed by atoms with van der Waals surface area (Å²) < 4.78 is 50.7. The minimum Gasteiger partial charge on any atom is -0.325 e. The average molecular weight is 292 g/mol. The van der Waals surface area contributed by atoms with Crippen molar-refractivity contribution in [3.05, 3.63) is 29.6 Å². The van der Waals surface area contributed by atoms with Gasteiger partial charge in [0.15, 0.2) is 0 Å². The van der Waals surface area contributed by atoms with E-state index in [0.717, 1.165) is 6.07 Å². The molecule has 3 N–H and O–H groups in total. The summed E-state index contributed by atoms with van der Waals surface area (Å²) >= 11 is 0. The molecule has 20 heavy (non-hydrogen) atoms. The Hall–Kier alpha value is -1.63. The molecule has 1 rings (SSSR count). The standard InChI is InChI=1S/C13H16F4N2O/c1-3-7(2)11(18)12(20)19-8-4-5-10(14)9(6-8)13(15,16)17/h4-7,11H,3,18H2,1-2H3,(H,19,20)/t7-,11-/m0/s1. The van der Waals surface area contributed by atoms with Crippen LogP contribution < -0.4 is 11.1 Å². The molecule has 0 aliphatic carbocycles. The van der Waals surface area contributed by atoms with Crippen molar-refractivity contribution in [1.82, 2.24) is 0 Å². The minimum atomic E-state index is -4.82. The molecule has 0 aliphatic rings. The van der Waals surface area contributed by atoms with Crippen molar-refractivity contribution in [2.75, 3.05) is 5.32 Å². The van der Waals surface area contributed by atoms with Crippen LogP contribution in [0.5, 0.6) is 0 Å². The first-order valence-corrected chi connectivity index (χ1v) is 6.10. The highest BCUT2D eigenvalue weighted by atomic mass is 19.4. The zero-order valence-corrected chi connectivity index (χ0v) is 11.1. The predicted octanol–water partition coefficient (Wildman–Crippen LogP) is 3.16. The first-order valence-electron chi connectivity index (χ1n) is 6.10. The van der Waals surface area contributed by atoms with E-state index in [2.05, 4.69) is 5.32 Å². The van der Waals surface area contributed by atoms with E-state index in [9.17, 15) is 22.4 Å². The van der Waals surface area contributed by atoms with Crippen molar-refractivity contribution in [1.29, 1.82) is 0 Å². The van der Waals surface area contributed by atoms with Crippen LogP contribution in [0.4, 0.5) is 23.2 Å². The molecule has 3 nitrogen and oxygen atoms in total. The van der Waals surface area contributed by atoms with Gasteiger partial charge < -0.3 is 11.1 Å². The molecule has 0 spiro atoms. The van der Waals surface area contributed by atoms with E-state index >= 15 is 0 Å². The second kappa shape index (κ2) is 6.21. The minimum absolute atomic E-state index is 0.113. The fourth-order valence-electron chi connectivity index (χ4n) is 1.56. The summed E-state index contributed by atoms with van der Waals surface area (Å²) in [4.78, 5) is 11.7. The van der Waals surface area contributed by atoms with Gasteiger partial charge in [-0.25, -0.2) is 4.39 Å². The molecule has 0 saturated heterocycles. The van der Waals surface area contributed by atoms with Gasteiger partial charge in [0.2, 0.25) is 5.91 Å². The van der Waals surface area contributed by atoms with Gasteiger partial charge in [-0.2, -0.15) is 13.2 Å². The molecule has 0 aliphatic heterocycles. The maximum atomic E-state index is 13.1. The van der Waals surface area contributed by atoms with Gasteiger partial charge in [-0.1, -0.05) is 20.3 Å². The van der Waals surface area contributed by atoms with Crippen molar-refractivity contribution >= 4 is 11.6 Å². The Morgan fingerprint density at radius 1 is 1.40 bits per heavy atom. The van der Waals surface area contributed by atoms with Crippen molar-refractivity contribution in [2.45, 2.75) is 32.5 Å². The molecule has 1 amide bonds. The molecule has 0 heterocycles. The lowest BCUT2D eigenvalue weighted by molar-refractivity contribution is -0.140. The number of nitrogens with two attached hydrogens (primary N) is 1. The van der Waals surface area contributed by atoms with E-state index in [-0.39, 0.29) is 11.6 Å². The molecule has 0 saturated carbocycles. The fraction of sp³-hybridized carbons (Fsp3) is 0.462. The lowest BCUT2D eigenvalue weighted by Crippen LogP contribution is -2.40. The van der Waals surface area contributed by atoms with E-state index in [1.807, 2.05) is 6.92 Å². The number of carbonyl (C=O) groups excluding carboxylic acids is 1. The Balaban J connectivity index is 2.92. The summed E-state index contributed by atoms with van der Waals surface area (Å²) in [6.07, 6.45) is -4.16. The lowest BCUT2D eigenvalue weighted by atomic mass is 9.99. The largest absolute Gasteiger partial charge is 0.419 e. The number of anilines is 1. The molecule has 112 valence electrons. The second-order valence-corrected chi connectivity index (χ2v) is 4.59. The second-order valence-electron chi connectivity index (χ2n) is 4.59. The Morgan fingerprint density at radius 3 is 2.50 bits per heavy atom. The van der Waals surface area contributed by atoms with Crippen LogP contribution in [0.15, 0.2) is 18.2 Å². The molecule has 1 aromatic carbocycles. The van der Waals surface area contributed by atoms with Gasteiger partial charge in [-0.05, 0) is 24.1 Å². The number of nitrogens with one attached hydrogen (secondary N) is 1. The molecule has 0 fully saturated rings. The van der Waals surface area contributed by atoms with Gasteiger partial charge >= 0.3 is 6.18 Å². The van der Waals surface area contributed by atoms with Gasteiger partial charge in [0.25, 0.3) is 0 Å². The third-order valence-electron chi connectivity index (χ3n) is 3.10. The normalized spacial score (nSPS) is 14.8. The van der Waals surface area contributed by atoms with Crippen LogP contribution >= 0.6 is 0 Å². The molecule has 0 radical (unpaired) electrons. The quantitative estimate of drug-likeness (QED) is 0.838. The fourth-order valence-corrected chi connectivity index (χ4v) is 1.56. The van der Waals surface area contributed by atoms with Crippen molar-refractivity contribution in [3.8, 4) is 0 Å². The topological polar surface area (TPSA) is 55.1 Å². The van der Waals surface area contributed by atoms with Crippen molar-refractivity contribution in [3.63, 3.8) is 0 Å². The Morgan fingerprint density at radius 2 is 2.00 bits per heavy atom. The van der Waals surface area contributed by atoms with Gasteiger partial charge in [-0.15, -0.1) is 0 Å². The summed E-state index contributed by atoms with van der Waals surface area (Å²) in [5.74, 6) is -2.10. The number of carbonyl (C=O) groups is 1. The maximum absolute atomic E-state index is 13.1. The molecule has 2 atom stereocenters. The van der Waals surface area contributed by atoms with Crippen molar-refractivity contribution in [2.24, 2.45) is 11.7 Å². The number of rotatable bonds is 4. The SMILES string of the molecule is CC[C@H](C)[C@H](N)C(=O)Nc1ccc(F)c(C(F)(F)F)c1. The maximum Gasteiger partial charge on any atom is 0.419 e. The summed E-state index contributed by atoms with van der Waals surface area (Å²) in [7, 11) is 0. The van der Waals surface area contributed by atoms with Gasteiger partial charge in [0.05, 0.1) is 11.6 Å². The number of hydrogen-bond donors (Lipinski definition) is 2. The number of halogens is 4. The predicted molar refractivity (Wildman–Crippen MR) is 67.5 cm³/mol. The number of hydrogen-bond acceptors (Lipinski definition) is 2. The first kappa shape index (κ1) is 16.4. The van der Waals surface area contributed by atoms with E-state index in [4.69, 9.17) is 5.73 Å². The van der Waals surface area contributed by atoms with Crippen LogP contribution in [0.3, 0.4) is 0 Å². The summed E-state index contributed by atoms with van der Waals surface area (Å²) in [6, 6.07) is 1.44. The zero-order valence-electron chi connectivity index (χ0n) is 11.1. The van der Waals surface area contributed by atoms with E-state index < -0.39 is 29.5 Å². The van der Waals surface area contributed by atoms with Gasteiger partial charge in [0, 0.05) is 5.69 Å². The zero-order chi connectivity index (χ0) is 15.5. The molecule has 1 aromatic rings. The van der Waals surface area contributed by atoms with Crippen LogP contribution in [-0.2, 0) is 11.0 Å². The summed E-state index contributed by atoms with van der Waals surface area (Å²) in [5, 5.41) is 2.27. The third kappa shape index (κ3) is 3.93. The molecular weight excluding hydrogens is 276 g/mol. The smallest absolute Gasteiger partial charge is 0.325 e. The molecule has 7 heteroatoms. The van der Waals surface area contributed by atoms with Crippen LogP contribution in [0.25, 0.3) is 0 Å². The molecule has 0 bridgehead atoms. The molecule has 0 aromatic heterocycles. The number of alkyl halides is 3. The van der Waals surface area contributed by atoms with E-state index in [0.29, 0.717) is 18.6 Å². The van der Waals surface area contributed by atoms with E-state index in [1.165, 1.54) is 0 Å². The monoisotopic (exact) mass is 292 g/mol. The van der Waals surface area contributed by atoms with Crippen LogP contribution in [0, 0.1) is 11.7 Å². The highest BCUT2D eigenvalue weighted by Crippen LogP contribution is 2.33. The van der Waals surface area contributed by atoms with Gasteiger partial charge in [-0.3, -0.25) is 4.79 Å². The Kier molecular flexibility index (Phi) is 5.10. The Bertz CT molecular complexity index is 488. The Labute approximate surface area is 114 Å². The van der Waals surface area contributed by atoms with Crippen LogP contribution in [0.2, 0.25) is 0 Å². The highest BCUT2D eigenvalue weighted by molar-refractivity contribution is 5.94. The number of amides is 1. The average Bonchev–Trinajstić information content (AvgIpc) is 2.37. The van der Waals surface area contributed by atoms with Gasteiger partial charge in [0.1, 0.15) is 5.82 Å². The first-order chi connectivity index (χ1) is 9.16. The summed E-state index contributed by atoms with van der Waals surface area (Å²) in [5.41, 5.74) is 4.10. The van der Waals surface area contributed by atoms with E-state index in [1.54, 1.807) is 6.92 Å². The highest BCUT2D eigenvalue weighted by Gasteiger charge is 2.34. The van der Waals surface area contributed by atoms with Crippen LogP contribution in [0.1, 0.15) is 25.8 Å². The molecular formula is C13H16F4N2O. The number of benzene rings is 1. The van der Waals surface area contributed by atoms with Crippen molar-refractivity contribution < 1.29 is 22.4 Å².